The van der Waals surface area contributed by atoms with Crippen LogP contribution < -0.4 is 0 Å². The third kappa shape index (κ3) is 7.07. The zero-order valence-corrected chi connectivity index (χ0v) is 33.8. The average molecular weight is 797 g/mol. The zero-order chi connectivity index (χ0) is 40.5. The molecule has 0 saturated heterocycles. The molecule has 0 saturated carbocycles. The number of thiophene rings is 1. The molecule has 5 heteroatoms. The van der Waals surface area contributed by atoms with Gasteiger partial charge in [-0.2, -0.15) is 0 Å². The molecule has 0 aliphatic carbocycles. The number of rotatable bonds is 8. The Hall–Kier alpha value is -7.86. The van der Waals surface area contributed by atoms with E-state index in [1.807, 2.05) is 72.0 Å². The second-order valence-corrected chi connectivity index (χ2v) is 16.1. The maximum absolute atomic E-state index is 5.17. The van der Waals surface area contributed by atoms with Crippen molar-refractivity contribution in [3.05, 3.63) is 218 Å². The van der Waals surface area contributed by atoms with Crippen LogP contribution in [0.4, 0.5) is 0 Å². The number of nitrogens with zero attached hydrogens (tertiary/aromatic N) is 4. The molecule has 0 atom stereocenters. The Morgan fingerprint density at radius 3 is 1.26 bits per heavy atom. The van der Waals surface area contributed by atoms with Gasteiger partial charge in [0.1, 0.15) is 0 Å². The molecule has 0 amide bonds. The van der Waals surface area contributed by atoms with Crippen LogP contribution in [0, 0.1) is 0 Å². The van der Waals surface area contributed by atoms with Crippen molar-refractivity contribution in [3.8, 4) is 90.1 Å². The standard InChI is InChI=1S/C56H36N4S/c1-5-16-37(17-6-1)47-35-49(59-55(57-47)41-20-9-3-10-21-41)39-28-30-40(31-29-39)53-45(32-33-52-54(53)46-26-13-14-27-51(46)61-52)43-24-15-25-44(34-43)50-36-48(38-18-7-2-8-19-38)58-56(60-50)42-22-11-4-12-23-42/h1-36H. The summed E-state index contributed by atoms with van der Waals surface area (Å²) in [7, 11) is 0. The molecular weight excluding hydrogens is 761 g/mol. The monoisotopic (exact) mass is 796 g/mol. The van der Waals surface area contributed by atoms with Crippen LogP contribution in [0.25, 0.3) is 110 Å². The summed E-state index contributed by atoms with van der Waals surface area (Å²) < 4.78 is 2.53. The van der Waals surface area contributed by atoms with Gasteiger partial charge in [-0.1, -0.05) is 188 Å². The van der Waals surface area contributed by atoms with Gasteiger partial charge in [-0.3, -0.25) is 0 Å². The molecule has 0 bridgehead atoms. The van der Waals surface area contributed by atoms with Crippen molar-refractivity contribution in [2.75, 3.05) is 0 Å². The fourth-order valence-corrected chi connectivity index (χ4v) is 9.26. The van der Waals surface area contributed by atoms with Crippen molar-refractivity contribution < 1.29 is 0 Å². The predicted octanol–water partition coefficient (Wildman–Crippen LogP) is 15.0. The lowest BCUT2D eigenvalue weighted by atomic mass is 9.89. The first-order chi connectivity index (χ1) is 30.2. The van der Waals surface area contributed by atoms with Crippen molar-refractivity contribution >= 4 is 31.5 Å². The lowest BCUT2D eigenvalue weighted by Gasteiger charge is -2.15. The molecule has 3 aromatic heterocycles. The molecule has 0 spiro atoms. The van der Waals surface area contributed by atoms with Gasteiger partial charge in [0.2, 0.25) is 0 Å². The SMILES string of the molecule is c1ccc(-c2cc(-c3ccc(-c4c(-c5cccc(-c6cc(-c7ccccc7)nc(-c7ccccc7)n6)c5)ccc5sc6ccccc6c45)cc3)nc(-c3ccccc3)n2)cc1. The smallest absolute Gasteiger partial charge is 0.160 e. The van der Waals surface area contributed by atoms with Crippen molar-refractivity contribution in [3.63, 3.8) is 0 Å². The maximum Gasteiger partial charge on any atom is 0.160 e. The third-order valence-corrected chi connectivity index (χ3v) is 12.3. The highest BCUT2D eigenvalue weighted by Gasteiger charge is 2.19. The fraction of sp³-hybridized carbons (Fsp3) is 0. The first kappa shape index (κ1) is 36.2. The summed E-state index contributed by atoms with van der Waals surface area (Å²) in [4.78, 5) is 20.3. The van der Waals surface area contributed by atoms with Crippen LogP contribution in [0.3, 0.4) is 0 Å². The van der Waals surface area contributed by atoms with E-state index in [-0.39, 0.29) is 0 Å². The number of hydrogen-bond acceptors (Lipinski definition) is 5. The van der Waals surface area contributed by atoms with E-state index < -0.39 is 0 Å². The molecule has 0 fully saturated rings. The Kier molecular flexibility index (Phi) is 9.34. The molecule has 8 aromatic carbocycles. The number of aromatic nitrogens is 4. The minimum absolute atomic E-state index is 0.699. The summed E-state index contributed by atoms with van der Waals surface area (Å²) in [6.45, 7) is 0. The molecule has 4 nitrogen and oxygen atoms in total. The summed E-state index contributed by atoms with van der Waals surface area (Å²) >= 11 is 1.84. The van der Waals surface area contributed by atoms with Crippen LogP contribution in [-0.4, -0.2) is 19.9 Å². The van der Waals surface area contributed by atoms with Crippen LogP contribution >= 0.6 is 11.3 Å². The van der Waals surface area contributed by atoms with Gasteiger partial charge in [0.25, 0.3) is 0 Å². The van der Waals surface area contributed by atoms with Crippen molar-refractivity contribution in [1.82, 2.24) is 19.9 Å². The fourth-order valence-electron chi connectivity index (χ4n) is 8.15. The largest absolute Gasteiger partial charge is 0.228 e. The molecule has 0 aliphatic heterocycles. The van der Waals surface area contributed by atoms with E-state index in [4.69, 9.17) is 19.9 Å². The van der Waals surface area contributed by atoms with Crippen LogP contribution in [0.5, 0.6) is 0 Å². The Balaban J connectivity index is 1.06. The maximum atomic E-state index is 5.17. The molecular formula is C56H36N4S. The lowest BCUT2D eigenvalue weighted by molar-refractivity contribution is 1.18. The molecule has 11 rings (SSSR count). The van der Waals surface area contributed by atoms with Crippen molar-refractivity contribution in [2.24, 2.45) is 0 Å². The van der Waals surface area contributed by atoms with Crippen LogP contribution in [0.1, 0.15) is 0 Å². The van der Waals surface area contributed by atoms with E-state index in [1.54, 1.807) is 0 Å². The van der Waals surface area contributed by atoms with Gasteiger partial charge in [-0.15, -0.1) is 11.3 Å². The van der Waals surface area contributed by atoms with E-state index in [9.17, 15) is 0 Å². The molecule has 3 heterocycles. The van der Waals surface area contributed by atoms with Crippen molar-refractivity contribution in [2.45, 2.75) is 0 Å². The quantitative estimate of drug-likeness (QED) is 0.154. The van der Waals surface area contributed by atoms with Crippen LogP contribution in [-0.2, 0) is 0 Å². The van der Waals surface area contributed by atoms with Crippen LogP contribution in [0.2, 0.25) is 0 Å². The molecule has 11 aromatic rings. The van der Waals surface area contributed by atoms with Gasteiger partial charge in [0, 0.05) is 53.6 Å². The van der Waals surface area contributed by atoms with E-state index >= 15 is 0 Å². The zero-order valence-electron chi connectivity index (χ0n) is 33.0. The lowest BCUT2D eigenvalue weighted by Crippen LogP contribution is -1.96. The normalized spacial score (nSPS) is 11.3. The number of benzene rings is 8. The summed E-state index contributed by atoms with van der Waals surface area (Å²) in [5.41, 5.74) is 14.3. The van der Waals surface area contributed by atoms with Gasteiger partial charge in [0.05, 0.1) is 22.8 Å². The topological polar surface area (TPSA) is 51.6 Å². The first-order valence-electron chi connectivity index (χ1n) is 20.4. The van der Waals surface area contributed by atoms with E-state index in [1.165, 1.54) is 25.7 Å². The van der Waals surface area contributed by atoms with E-state index in [2.05, 4.69) is 158 Å². The van der Waals surface area contributed by atoms with E-state index in [0.29, 0.717) is 11.6 Å². The van der Waals surface area contributed by atoms with Crippen molar-refractivity contribution in [1.29, 1.82) is 0 Å². The Bertz CT molecular complexity index is 3210. The highest BCUT2D eigenvalue weighted by molar-refractivity contribution is 7.26. The van der Waals surface area contributed by atoms with Gasteiger partial charge in [-0.25, -0.2) is 19.9 Å². The number of fused-ring (bicyclic) bond motifs is 3. The summed E-state index contributed by atoms with van der Waals surface area (Å²) in [5.74, 6) is 1.40. The molecule has 0 unspecified atom stereocenters. The van der Waals surface area contributed by atoms with Crippen LogP contribution in [0.15, 0.2) is 218 Å². The predicted molar refractivity (Wildman–Crippen MR) is 254 cm³/mol. The second kappa shape index (κ2) is 15.7. The van der Waals surface area contributed by atoms with Gasteiger partial charge >= 0.3 is 0 Å². The Labute approximate surface area is 358 Å². The molecule has 0 N–H and O–H groups in total. The highest BCUT2D eigenvalue weighted by atomic mass is 32.1. The number of hydrogen-bond donors (Lipinski definition) is 0. The minimum Gasteiger partial charge on any atom is -0.228 e. The van der Waals surface area contributed by atoms with Gasteiger partial charge in [-0.05, 0) is 52.6 Å². The Morgan fingerprint density at radius 2 is 0.705 bits per heavy atom. The highest BCUT2D eigenvalue weighted by Crippen LogP contribution is 2.46. The summed E-state index contributed by atoms with van der Waals surface area (Å²) in [6, 6.07) is 76.3. The van der Waals surface area contributed by atoms with Gasteiger partial charge < -0.3 is 0 Å². The Morgan fingerprint density at radius 1 is 0.279 bits per heavy atom. The van der Waals surface area contributed by atoms with E-state index in [0.717, 1.165) is 72.8 Å². The minimum atomic E-state index is 0.699. The van der Waals surface area contributed by atoms with Gasteiger partial charge in [0.15, 0.2) is 11.6 Å². The summed E-state index contributed by atoms with van der Waals surface area (Å²) in [5, 5.41) is 2.52. The first-order valence-corrected chi connectivity index (χ1v) is 21.2. The molecule has 286 valence electrons. The third-order valence-electron chi connectivity index (χ3n) is 11.1. The molecule has 61 heavy (non-hydrogen) atoms. The second-order valence-electron chi connectivity index (χ2n) is 15.0. The average Bonchev–Trinajstić information content (AvgIpc) is 3.73. The summed E-state index contributed by atoms with van der Waals surface area (Å²) in [6.07, 6.45) is 0. The molecule has 0 aliphatic rings. The molecule has 0 radical (unpaired) electrons.